The summed E-state index contributed by atoms with van der Waals surface area (Å²) in [6, 6.07) is 8.62. The van der Waals surface area contributed by atoms with Gasteiger partial charge in [-0.2, -0.15) is 4.98 Å². The van der Waals surface area contributed by atoms with Crippen molar-refractivity contribution >= 4 is 0 Å². The van der Waals surface area contributed by atoms with E-state index in [1.807, 2.05) is 12.1 Å². The Bertz CT molecular complexity index is 722. The van der Waals surface area contributed by atoms with E-state index < -0.39 is 0 Å². The minimum Gasteiger partial charge on any atom is -0.508 e. The van der Waals surface area contributed by atoms with Gasteiger partial charge in [0, 0.05) is 6.20 Å². The molecule has 0 saturated carbocycles. The van der Waals surface area contributed by atoms with Crippen LogP contribution >= 0.6 is 0 Å². The predicted molar refractivity (Wildman–Crippen MR) is 71.0 cm³/mol. The number of aromatic nitrogens is 4. The lowest BCUT2D eigenvalue weighted by Gasteiger charge is -1.96. The Kier molecular flexibility index (Phi) is 3.12. The van der Waals surface area contributed by atoms with Crippen molar-refractivity contribution in [3.05, 3.63) is 53.8 Å². The highest BCUT2D eigenvalue weighted by atomic mass is 16.5. The van der Waals surface area contributed by atoms with E-state index in [1.165, 1.54) is 0 Å². The molecular formula is C14H12N4O2. The van der Waals surface area contributed by atoms with Crippen LogP contribution in [0.4, 0.5) is 0 Å². The lowest BCUT2D eigenvalue weighted by molar-refractivity contribution is 0.385. The molecule has 0 bridgehead atoms. The monoisotopic (exact) mass is 268 g/mol. The molecule has 0 saturated heterocycles. The van der Waals surface area contributed by atoms with Crippen LogP contribution in [0.1, 0.15) is 17.3 Å². The largest absolute Gasteiger partial charge is 0.508 e. The van der Waals surface area contributed by atoms with E-state index in [2.05, 4.69) is 20.1 Å². The predicted octanol–water partition coefficient (Wildman–Crippen LogP) is 2.13. The van der Waals surface area contributed by atoms with Crippen molar-refractivity contribution in [3.63, 3.8) is 0 Å². The molecule has 0 aliphatic rings. The average Bonchev–Trinajstić information content (AvgIpc) is 2.90. The maximum atomic E-state index is 9.24. The van der Waals surface area contributed by atoms with Gasteiger partial charge in [0.25, 0.3) is 0 Å². The Balaban J connectivity index is 1.82. The third kappa shape index (κ3) is 2.64. The van der Waals surface area contributed by atoms with E-state index >= 15 is 0 Å². The summed E-state index contributed by atoms with van der Waals surface area (Å²) in [4.78, 5) is 12.6. The number of hydrogen-bond donors (Lipinski definition) is 1. The number of benzene rings is 1. The molecular weight excluding hydrogens is 256 g/mol. The SMILES string of the molecule is Cc1nccc(-c2noc(Cc3ccc(O)cc3)n2)n1. The van der Waals surface area contributed by atoms with Crippen molar-refractivity contribution in [2.75, 3.05) is 0 Å². The van der Waals surface area contributed by atoms with Gasteiger partial charge in [-0.15, -0.1) is 0 Å². The van der Waals surface area contributed by atoms with Crippen molar-refractivity contribution in [2.24, 2.45) is 0 Å². The number of aromatic hydroxyl groups is 1. The van der Waals surface area contributed by atoms with Crippen LogP contribution in [0.2, 0.25) is 0 Å². The molecule has 0 aliphatic carbocycles. The Morgan fingerprint density at radius 3 is 2.65 bits per heavy atom. The first-order valence-corrected chi connectivity index (χ1v) is 6.11. The van der Waals surface area contributed by atoms with Gasteiger partial charge in [-0.3, -0.25) is 0 Å². The second-order valence-corrected chi connectivity index (χ2v) is 4.34. The van der Waals surface area contributed by atoms with E-state index in [0.29, 0.717) is 29.7 Å². The van der Waals surface area contributed by atoms with Crippen molar-refractivity contribution in [1.29, 1.82) is 0 Å². The van der Waals surface area contributed by atoms with Gasteiger partial charge in [0.1, 0.15) is 17.3 Å². The highest BCUT2D eigenvalue weighted by molar-refractivity contribution is 5.47. The summed E-state index contributed by atoms with van der Waals surface area (Å²) in [6.45, 7) is 1.81. The van der Waals surface area contributed by atoms with Crippen molar-refractivity contribution < 1.29 is 9.63 Å². The van der Waals surface area contributed by atoms with E-state index in [-0.39, 0.29) is 5.75 Å². The highest BCUT2D eigenvalue weighted by Gasteiger charge is 2.10. The van der Waals surface area contributed by atoms with Crippen molar-refractivity contribution in [3.8, 4) is 17.3 Å². The van der Waals surface area contributed by atoms with Crippen LogP contribution in [-0.2, 0) is 6.42 Å². The molecule has 0 spiro atoms. The first-order chi connectivity index (χ1) is 9.70. The normalized spacial score (nSPS) is 10.7. The van der Waals surface area contributed by atoms with Gasteiger partial charge in [-0.05, 0) is 30.7 Å². The number of phenols is 1. The molecule has 20 heavy (non-hydrogen) atoms. The fourth-order valence-electron chi connectivity index (χ4n) is 1.80. The third-order valence-electron chi connectivity index (χ3n) is 2.76. The molecule has 0 aliphatic heterocycles. The van der Waals surface area contributed by atoms with Gasteiger partial charge in [-0.1, -0.05) is 17.3 Å². The smallest absolute Gasteiger partial charge is 0.231 e. The van der Waals surface area contributed by atoms with Crippen LogP contribution in [0.15, 0.2) is 41.1 Å². The number of hydrogen-bond acceptors (Lipinski definition) is 6. The van der Waals surface area contributed by atoms with E-state index in [9.17, 15) is 5.11 Å². The molecule has 6 heteroatoms. The van der Waals surface area contributed by atoms with Gasteiger partial charge in [0.15, 0.2) is 0 Å². The van der Waals surface area contributed by atoms with Gasteiger partial charge in [-0.25, -0.2) is 9.97 Å². The molecule has 3 rings (SSSR count). The van der Waals surface area contributed by atoms with Gasteiger partial charge in [0.05, 0.1) is 6.42 Å². The van der Waals surface area contributed by atoms with Crippen molar-refractivity contribution in [2.45, 2.75) is 13.3 Å². The lowest BCUT2D eigenvalue weighted by atomic mass is 10.1. The summed E-state index contributed by atoms with van der Waals surface area (Å²) in [7, 11) is 0. The zero-order valence-corrected chi connectivity index (χ0v) is 10.8. The number of phenolic OH excluding ortho intramolecular Hbond substituents is 1. The van der Waals surface area contributed by atoms with Crippen LogP contribution in [-0.4, -0.2) is 25.2 Å². The molecule has 0 radical (unpaired) electrons. The minimum absolute atomic E-state index is 0.233. The molecule has 0 unspecified atom stereocenters. The lowest BCUT2D eigenvalue weighted by Crippen LogP contribution is -1.92. The molecule has 0 atom stereocenters. The highest BCUT2D eigenvalue weighted by Crippen LogP contribution is 2.16. The molecule has 0 fully saturated rings. The summed E-state index contributed by atoms with van der Waals surface area (Å²) in [5.41, 5.74) is 1.62. The maximum Gasteiger partial charge on any atom is 0.231 e. The van der Waals surface area contributed by atoms with E-state index in [1.54, 1.807) is 31.3 Å². The fraction of sp³-hybridized carbons (Fsp3) is 0.143. The number of nitrogens with zero attached hydrogens (tertiary/aromatic N) is 4. The zero-order valence-electron chi connectivity index (χ0n) is 10.8. The summed E-state index contributed by atoms with van der Waals surface area (Å²) in [5.74, 6) is 1.84. The van der Waals surface area contributed by atoms with Gasteiger partial charge >= 0.3 is 0 Å². The number of rotatable bonds is 3. The summed E-state index contributed by atoms with van der Waals surface area (Å²) in [5, 5.41) is 13.2. The maximum absolute atomic E-state index is 9.24. The van der Waals surface area contributed by atoms with Crippen LogP contribution in [0.25, 0.3) is 11.5 Å². The van der Waals surface area contributed by atoms with Crippen LogP contribution < -0.4 is 0 Å². The standard InChI is InChI=1S/C14H12N4O2/c1-9-15-7-6-12(16-9)14-17-13(20-18-14)8-10-2-4-11(19)5-3-10/h2-7,19H,8H2,1H3. The topological polar surface area (TPSA) is 84.9 Å². The molecule has 2 heterocycles. The van der Waals surface area contributed by atoms with Crippen LogP contribution in [0.3, 0.4) is 0 Å². The fourth-order valence-corrected chi connectivity index (χ4v) is 1.80. The molecule has 6 nitrogen and oxygen atoms in total. The van der Waals surface area contributed by atoms with Gasteiger partial charge in [0.2, 0.25) is 11.7 Å². The quantitative estimate of drug-likeness (QED) is 0.783. The van der Waals surface area contributed by atoms with E-state index in [0.717, 1.165) is 5.56 Å². The second-order valence-electron chi connectivity index (χ2n) is 4.34. The number of aryl methyl sites for hydroxylation is 1. The second kappa shape index (κ2) is 5.08. The van der Waals surface area contributed by atoms with Crippen LogP contribution in [0, 0.1) is 6.92 Å². The molecule has 1 aromatic carbocycles. The third-order valence-corrected chi connectivity index (χ3v) is 2.76. The van der Waals surface area contributed by atoms with E-state index in [4.69, 9.17) is 4.52 Å². The van der Waals surface area contributed by atoms with Crippen molar-refractivity contribution in [1.82, 2.24) is 20.1 Å². The molecule has 2 aromatic heterocycles. The minimum atomic E-state index is 0.233. The molecule has 3 aromatic rings. The Morgan fingerprint density at radius 2 is 1.90 bits per heavy atom. The summed E-state index contributed by atoms with van der Waals surface area (Å²) in [6.07, 6.45) is 2.17. The Hall–Kier alpha value is -2.76. The molecule has 1 N–H and O–H groups in total. The molecule has 0 amide bonds. The average molecular weight is 268 g/mol. The van der Waals surface area contributed by atoms with Gasteiger partial charge < -0.3 is 9.63 Å². The van der Waals surface area contributed by atoms with Crippen LogP contribution in [0.5, 0.6) is 5.75 Å². The summed E-state index contributed by atoms with van der Waals surface area (Å²) >= 11 is 0. The Morgan fingerprint density at radius 1 is 1.10 bits per heavy atom. The summed E-state index contributed by atoms with van der Waals surface area (Å²) < 4.78 is 5.21. The zero-order chi connectivity index (χ0) is 13.9. The molecule has 100 valence electrons. The Labute approximate surface area is 115 Å². The first kappa shape index (κ1) is 12.3. The first-order valence-electron chi connectivity index (χ1n) is 6.11.